The highest BCUT2D eigenvalue weighted by Crippen LogP contribution is 2.39. The summed E-state index contributed by atoms with van der Waals surface area (Å²) in [7, 11) is 1.44. The number of amides is 3. The molecule has 0 saturated carbocycles. The standard InChI is InChI=1S/C30H34Cl2N4O6/c1-6-7-12-41-26-17-36(34(5)29(40)42-30(2,3)4,28(39)21-15-23(32)22(31)14-20(21)26)11-10-25(37)24-9-8-19-13-18(27(33)38)16-35(19)24/h8-9,13-15,17H,6-7,10-12,16H2,1-5H3,(H-,33,38)/p+1. The fourth-order valence-electron chi connectivity index (χ4n) is 4.89. The number of ketones is 1. The number of rotatable bonds is 10. The van der Waals surface area contributed by atoms with Crippen molar-refractivity contribution in [2.75, 3.05) is 20.2 Å². The van der Waals surface area contributed by atoms with E-state index < -0.39 is 28.1 Å². The van der Waals surface area contributed by atoms with E-state index in [-0.39, 0.29) is 40.9 Å². The Morgan fingerprint density at radius 2 is 1.79 bits per heavy atom. The van der Waals surface area contributed by atoms with E-state index in [1.165, 1.54) is 19.3 Å². The third kappa shape index (κ3) is 6.11. The van der Waals surface area contributed by atoms with Crippen LogP contribution in [-0.4, -0.2) is 63.7 Å². The number of quaternary nitrogens is 1. The molecule has 0 saturated heterocycles. The molecule has 0 fully saturated rings. The number of nitrogens with two attached hydrogens (primary N) is 1. The van der Waals surface area contributed by atoms with Crippen molar-refractivity contribution in [1.29, 1.82) is 0 Å². The zero-order valence-electron chi connectivity index (χ0n) is 24.3. The van der Waals surface area contributed by atoms with E-state index in [9.17, 15) is 19.2 Å². The van der Waals surface area contributed by atoms with Crippen LogP contribution in [0.3, 0.4) is 0 Å². The Balaban J connectivity index is 1.76. The summed E-state index contributed by atoms with van der Waals surface area (Å²) in [5, 5.41) is 1.56. The van der Waals surface area contributed by atoms with Crippen molar-refractivity contribution >= 4 is 58.7 Å². The summed E-state index contributed by atoms with van der Waals surface area (Å²) in [6.45, 7) is 7.59. The second-order valence-electron chi connectivity index (χ2n) is 11.3. The molecule has 0 bridgehead atoms. The first-order chi connectivity index (χ1) is 19.7. The molecule has 0 aliphatic carbocycles. The average Bonchev–Trinajstić information content (AvgIpc) is 3.51. The minimum absolute atomic E-state index is 0.135. The van der Waals surface area contributed by atoms with Gasteiger partial charge in [-0.15, -0.1) is 9.60 Å². The van der Waals surface area contributed by atoms with Crippen LogP contribution in [0.15, 0.2) is 36.0 Å². The summed E-state index contributed by atoms with van der Waals surface area (Å²) < 4.78 is 12.7. The van der Waals surface area contributed by atoms with Crippen LogP contribution in [0.5, 0.6) is 0 Å². The van der Waals surface area contributed by atoms with Gasteiger partial charge in [0.05, 0.1) is 47.9 Å². The number of carbonyl (C=O) groups excluding carboxylic acids is 4. The number of halogens is 2. The molecule has 3 amide bonds. The quantitative estimate of drug-likeness (QED) is 0.204. The lowest BCUT2D eigenvalue weighted by atomic mass is 10.00. The van der Waals surface area contributed by atoms with Gasteiger partial charge in [-0.3, -0.25) is 9.59 Å². The summed E-state index contributed by atoms with van der Waals surface area (Å²) >= 11 is 12.7. The lowest BCUT2D eigenvalue weighted by Crippen LogP contribution is -2.63. The molecule has 42 heavy (non-hydrogen) atoms. The van der Waals surface area contributed by atoms with Crippen molar-refractivity contribution in [3.63, 3.8) is 0 Å². The number of hydrogen-bond acceptors (Lipinski definition) is 6. The molecule has 1 aromatic carbocycles. The van der Waals surface area contributed by atoms with Crippen molar-refractivity contribution in [3.8, 4) is 0 Å². The predicted octanol–water partition coefficient (Wildman–Crippen LogP) is 5.82. The van der Waals surface area contributed by atoms with Crippen LogP contribution >= 0.6 is 23.2 Å². The highest BCUT2D eigenvalue weighted by Gasteiger charge is 2.50. The number of aromatic nitrogens is 1. The van der Waals surface area contributed by atoms with E-state index in [1.807, 2.05) is 6.92 Å². The minimum atomic E-state index is -0.847. The maximum Gasteiger partial charge on any atom is 0.455 e. The van der Waals surface area contributed by atoms with Crippen molar-refractivity contribution in [3.05, 3.63) is 68.6 Å². The first-order valence-electron chi connectivity index (χ1n) is 13.7. The number of carbonyl (C=O) groups is 4. The molecule has 0 spiro atoms. The molecule has 3 heterocycles. The van der Waals surface area contributed by atoms with Gasteiger partial charge in [-0.2, -0.15) is 0 Å². The molecule has 2 aliphatic rings. The molecule has 0 radical (unpaired) electrons. The van der Waals surface area contributed by atoms with Crippen LogP contribution in [0.1, 0.15) is 79.1 Å². The number of unbranched alkanes of at least 4 members (excludes halogenated alkanes) is 1. The van der Waals surface area contributed by atoms with Gasteiger partial charge in [-0.1, -0.05) is 36.5 Å². The topological polar surface area (TPSA) is 121 Å². The number of hydrogen-bond donors (Lipinski definition) is 1. The molecule has 4 rings (SSSR count). The number of Topliss-reactive ketones (excluding diaryl/α,β-unsaturated/α-hetero) is 1. The number of nitrogens with zero attached hydrogens (tertiary/aromatic N) is 3. The van der Waals surface area contributed by atoms with Crippen molar-refractivity contribution < 1.29 is 33.2 Å². The molecule has 224 valence electrons. The van der Waals surface area contributed by atoms with Gasteiger partial charge in [-0.05, 0) is 57.5 Å². The summed E-state index contributed by atoms with van der Waals surface area (Å²) in [6.07, 6.45) is 3.89. The van der Waals surface area contributed by atoms with Gasteiger partial charge in [0, 0.05) is 16.8 Å². The Morgan fingerprint density at radius 3 is 2.40 bits per heavy atom. The minimum Gasteiger partial charge on any atom is -0.487 e. The maximum atomic E-state index is 14.3. The van der Waals surface area contributed by atoms with E-state index in [1.54, 1.807) is 49.6 Å². The third-order valence-electron chi connectivity index (χ3n) is 7.13. The molecule has 1 aromatic heterocycles. The molecule has 12 heteroatoms. The van der Waals surface area contributed by atoms with Crippen molar-refractivity contribution in [2.45, 2.75) is 59.1 Å². The Kier molecular flexibility index (Phi) is 8.92. The van der Waals surface area contributed by atoms with Crippen LogP contribution in [0.25, 0.3) is 11.8 Å². The first-order valence-corrected chi connectivity index (χ1v) is 14.4. The van der Waals surface area contributed by atoms with Crippen LogP contribution < -0.4 is 5.73 Å². The van der Waals surface area contributed by atoms with E-state index in [0.29, 0.717) is 34.9 Å². The molecule has 10 nitrogen and oxygen atoms in total. The van der Waals surface area contributed by atoms with Crippen LogP contribution in [0.4, 0.5) is 4.79 Å². The number of fused-ring (bicyclic) bond motifs is 2. The van der Waals surface area contributed by atoms with Crippen LogP contribution in [0, 0.1) is 0 Å². The van der Waals surface area contributed by atoms with Crippen LogP contribution in [0.2, 0.25) is 10.0 Å². The van der Waals surface area contributed by atoms with Gasteiger partial charge in [0.25, 0.3) is 0 Å². The van der Waals surface area contributed by atoms with Gasteiger partial charge in [0.15, 0.2) is 17.7 Å². The molecule has 2 aliphatic heterocycles. The second-order valence-corrected chi connectivity index (χ2v) is 12.1. The van der Waals surface area contributed by atoms with E-state index >= 15 is 0 Å². The van der Waals surface area contributed by atoms with Gasteiger partial charge in [0.2, 0.25) is 5.91 Å². The molecule has 1 atom stereocenters. The van der Waals surface area contributed by atoms with E-state index in [4.69, 9.17) is 38.4 Å². The highest BCUT2D eigenvalue weighted by atomic mass is 35.5. The summed E-state index contributed by atoms with van der Waals surface area (Å²) in [4.78, 5) is 53.0. The maximum absolute atomic E-state index is 14.3. The monoisotopic (exact) mass is 617 g/mol. The zero-order valence-corrected chi connectivity index (χ0v) is 25.8. The van der Waals surface area contributed by atoms with E-state index in [0.717, 1.165) is 17.9 Å². The molecule has 2 N–H and O–H groups in total. The lowest BCUT2D eigenvalue weighted by molar-refractivity contribution is -0.903. The molecular formula is C30H35Cl2N4O6+. The van der Waals surface area contributed by atoms with E-state index in [2.05, 4.69) is 0 Å². The molecule has 2 aromatic rings. The van der Waals surface area contributed by atoms with Crippen LogP contribution in [-0.2, 0) is 20.8 Å². The van der Waals surface area contributed by atoms with Crippen molar-refractivity contribution in [2.24, 2.45) is 5.73 Å². The fourth-order valence-corrected chi connectivity index (χ4v) is 5.21. The SMILES string of the molecule is CCCCOC1=C[N+](CCC(=O)c2ccc3n2CC(C(N)=O)=C3)(N(C)C(=O)OC(C)(C)C)C(=O)c2cc(Cl)c(Cl)cc21. The summed E-state index contributed by atoms with van der Waals surface area (Å²) in [6, 6.07) is 6.41. The Morgan fingerprint density at radius 1 is 1.12 bits per heavy atom. The normalized spacial score (nSPS) is 17.6. The second kappa shape index (κ2) is 11.9. The van der Waals surface area contributed by atoms with Crippen molar-refractivity contribution in [1.82, 2.24) is 9.58 Å². The van der Waals surface area contributed by atoms with Gasteiger partial charge in [0.1, 0.15) is 12.1 Å². The Hall–Kier alpha value is -3.60. The first kappa shape index (κ1) is 31.3. The predicted molar refractivity (Wildman–Crippen MR) is 159 cm³/mol. The smallest absolute Gasteiger partial charge is 0.455 e. The average molecular weight is 619 g/mol. The largest absolute Gasteiger partial charge is 0.487 e. The summed E-state index contributed by atoms with van der Waals surface area (Å²) in [5.41, 5.74) is 6.67. The number of ether oxygens (including phenoxy) is 2. The fraction of sp³-hybridized carbons (Fsp3) is 0.400. The van der Waals surface area contributed by atoms with Gasteiger partial charge >= 0.3 is 12.0 Å². The molecule has 1 unspecified atom stereocenters. The third-order valence-corrected chi connectivity index (χ3v) is 7.86. The Bertz CT molecular complexity index is 1520. The Labute approximate surface area is 254 Å². The number of benzene rings is 1. The summed E-state index contributed by atoms with van der Waals surface area (Å²) in [5.74, 6) is -1.02. The van der Waals surface area contributed by atoms with Gasteiger partial charge < -0.3 is 19.8 Å². The number of primary amides is 1. The lowest BCUT2D eigenvalue weighted by Gasteiger charge is -2.41. The van der Waals surface area contributed by atoms with Gasteiger partial charge in [-0.25, -0.2) is 9.59 Å². The molecular weight excluding hydrogens is 583 g/mol. The highest BCUT2D eigenvalue weighted by molar-refractivity contribution is 6.42. The zero-order chi connectivity index (χ0) is 31.0.